The highest BCUT2D eigenvalue weighted by Crippen LogP contribution is 2.66. The predicted molar refractivity (Wildman–Crippen MR) is 270 cm³/mol. The van der Waals surface area contributed by atoms with E-state index in [9.17, 15) is 33.6 Å². The molecule has 14 heteroatoms. The summed E-state index contributed by atoms with van der Waals surface area (Å²) in [5, 5.41) is 5.61. The van der Waals surface area contributed by atoms with Crippen LogP contribution in [0.4, 0.5) is 0 Å². The zero-order valence-electron chi connectivity index (χ0n) is 43.0. The Labute approximate surface area is 411 Å². The molecule has 1 heterocycles. The quantitative estimate of drug-likeness (QED) is 0.0364. The van der Waals surface area contributed by atoms with Crippen LogP contribution >= 0.6 is 0 Å². The van der Waals surface area contributed by atoms with Gasteiger partial charge in [-0.2, -0.15) is 0 Å². The monoisotopic (exact) mass is 953 g/mol. The van der Waals surface area contributed by atoms with Crippen LogP contribution in [0.2, 0.25) is 5.82 Å². The van der Waals surface area contributed by atoms with Gasteiger partial charge in [0.2, 0.25) is 17.7 Å². The number of carbonyl (C=O) groups excluding carboxylic acids is 7. The van der Waals surface area contributed by atoms with Gasteiger partial charge in [-0.3, -0.25) is 33.6 Å². The zero-order valence-corrected chi connectivity index (χ0v) is 43.0. The molecule has 2 aromatic rings. The summed E-state index contributed by atoms with van der Waals surface area (Å²) >= 11 is 0. The highest BCUT2D eigenvalue weighted by molar-refractivity contribution is 6.47. The molecule has 378 valence electrons. The highest BCUT2D eigenvalue weighted by atomic mass is 16.7. The minimum Gasteiger partial charge on any atom is -0.405 e. The Kier molecular flexibility index (Phi) is 19.3. The number of ketones is 4. The van der Waals surface area contributed by atoms with Crippen molar-refractivity contribution in [2.45, 2.75) is 188 Å². The van der Waals surface area contributed by atoms with E-state index >= 15 is 0 Å². The molecule has 4 aliphatic rings. The number of aryl methyl sites for hydroxylation is 1. The molecule has 6 rings (SSSR count). The lowest BCUT2D eigenvalue weighted by atomic mass is 9.43. The first-order valence-corrected chi connectivity index (χ1v) is 25.7. The van der Waals surface area contributed by atoms with E-state index in [1.807, 2.05) is 52.0 Å². The first-order valence-electron chi connectivity index (χ1n) is 25.7. The highest BCUT2D eigenvalue weighted by Gasteiger charge is 2.68. The van der Waals surface area contributed by atoms with E-state index in [2.05, 4.69) is 62.6 Å². The number of amides is 3. The summed E-state index contributed by atoms with van der Waals surface area (Å²) in [6.45, 7) is 18.1. The van der Waals surface area contributed by atoms with Crippen LogP contribution in [-0.2, 0) is 44.5 Å². The first-order chi connectivity index (χ1) is 32.5. The van der Waals surface area contributed by atoms with Gasteiger partial charge in [-0.05, 0) is 104 Å². The SMILES string of the molecule is CCCCc1ccc(-c2ccc(C(=O)CCCC(=O)C[C@@H](CCCCN)C(=O)N[C@H](C(=O)C[C@@H](C)C(=O)N[C@@H](CC(N)=O)C(=O)C[C@@H](C)B3OC4C[C@@H]5C[C@@H](C5(C)C)[C@]4(C)O3)C(C)(C)C)cc2)cc1. The molecule has 69 heavy (non-hydrogen) atoms. The van der Waals surface area contributed by atoms with Crippen LogP contribution in [0.3, 0.4) is 0 Å². The molecule has 3 saturated carbocycles. The molecule has 13 nitrogen and oxygen atoms in total. The van der Waals surface area contributed by atoms with Crippen molar-refractivity contribution in [2.75, 3.05) is 6.54 Å². The van der Waals surface area contributed by atoms with E-state index in [4.69, 9.17) is 20.8 Å². The molecule has 0 spiro atoms. The third kappa shape index (κ3) is 14.3. The average Bonchev–Trinajstić information content (AvgIpc) is 3.66. The van der Waals surface area contributed by atoms with Gasteiger partial charge >= 0.3 is 7.12 Å². The summed E-state index contributed by atoms with van der Waals surface area (Å²) in [5.41, 5.74) is 14.3. The Morgan fingerprint density at radius 1 is 0.783 bits per heavy atom. The molecule has 2 aromatic carbocycles. The fraction of sp³-hybridized carbons (Fsp3) is 0.655. The predicted octanol–water partition coefficient (Wildman–Crippen LogP) is 8.32. The van der Waals surface area contributed by atoms with Gasteiger partial charge in [-0.1, -0.05) is 117 Å². The molecule has 2 bridgehead atoms. The van der Waals surface area contributed by atoms with Gasteiger partial charge in [-0.15, -0.1) is 0 Å². The fourth-order valence-electron chi connectivity index (χ4n) is 10.9. The Morgan fingerprint density at radius 2 is 1.43 bits per heavy atom. The minimum absolute atomic E-state index is 0.0222. The second-order valence-electron chi connectivity index (χ2n) is 22.5. The van der Waals surface area contributed by atoms with E-state index in [1.54, 1.807) is 6.92 Å². The lowest BCUT2D eigenvalue weighted by Gasteiger charge is -2.64. The molecule has 4 fully saturated rings. The summed E-state index contributed by atoms with van der Waals surface area (Å²) in [6.07, 6.45) is 6.86. The van der Waals surface area contributed by atoms with Crippen LogP contribution in [0.5, 0.6) is 0 Å². The van der Waals surface area contributed by atoms with Crippen molar-refractivity contribution in [3.63, 3.8) is 0 Å². The third-order valence-electron chi connectivity index (χ3n) is 15.5. The van der Waals surface area contributed by atoms with E-state index < -0.39 is 77.8 Å². The third-order valence-corrected chi connectivity index (χ3v) is 15.5. The molecule has 0 radical (unpaired) electrons. The molecule has 1 aliphatic heterocycles. The summed E-state index contributed by atoms with van der Waals surface area (Å²) in [6, 6.07) is 13.8. The van der Waals surface area contributed by atoms with Gasteiger partial charge in [-0.25, -0.2) is 0 Å². The maximum absolute atomic E-state index is 14.0. The first kappa shape index (κ1) is 55.4. The molecule has 3 aliphatic carbocycles. The zero-order chi connectivity index (χ0) is 50.8. The van der Waals surface area contributed by atoms with Crippen LogP contribution in [0.1, 0.15) is 168 Å². The van der Waals surface area contributed by atoms with Gasteiger partial charge < -0.3 is 31.4 Å². The van der Waals surface area contributed by atoms with Crippen molar-refractivity contribution in [3.8, 4) is 11.1 Å². The largest absolute Gasteiger partial charge is 0.461 e. The summed E-state index contributed by atoms with van der Waals surface area (Å²) in [7, 11) is -0.613. The summed E-state index contributed by atoms with van der Waals surface area (Å²) in [4.78, 5) is 94.0. The van der Waals surface area contributed by atoms with Crippen molar-refractivity contribution < 1.29 is 42.9 Å². The minimum atomic E-state index is -1.21. The van der Waals surface area contributed by atoms with Crippen molar-refractivity contribution in [2.24, 2.45) is 46.0 Å². The lowest BCUT2D eigenvalue weighted by Crippen LogP contribution is -2.65. The standard InChI is InChI=1S/C55H81BN4O9/c1-10-11-15-36-19-21-37(22-20-36)38-23-25-39(26-24-38)44(62)18-14-17-42(61)30-40(16-12-13-27-57)52(67)60-50(53(4,5)6)46(64)28-34(2)51(66)59-43(33-49(58)65)45(63)29-35(3)56-68-48-32-41-31-47(54(41,7)8)55(48,9)69-56/h19-26,34-35,40-41,43,47-48,50H,10-18,27-33,57H2,1-9H3,(H2,58,65)(H,59,66)(H,60,67)/t34-,35-,40-,41+,43+,47+,48?,50-,55+/m1/s1. The van der Waals surface area contributed by atoms with Gasteiger partial charge in [0.1, 0.15) is 5.78 Å². The van der Waals surface area contributed by atoms with Gasteiger partial charge in [0.15, 0.2) is 17.3 Å². The second kappa shape index (κ2) is 24.1. The molecule has 1 unspecified atom stereocenters. The molecular formula is C55H81BN4O9. The number of unbranched alkanes of at least 4 members (excludes halogenated alkanes) is 2. The van der Waals surface area contributed by atoms with Crippen molar-refractivity contribution in [3.05, 3.63) is 59.7 Å². The number of rotatable bonds is 28. The van der Waals surface area contributed by atoms with Crippen LogP contribution < -0.4 is 22.1 Å². The van der Waals surface area contributed by atoms with Crippen molar-refractivity contribution in [1.82, 2.24) is 10.6 Å². The Morgan fingerprint density at radius 3 is 2.03 bits per heavy atom. The molecule has 3 amide bonds. The summed E-state index contributed by atoms with van der Waals surface area (Å²) in [5.74, 6) is -3.89. The van der Waals surface area contributed by atoms with E-state index in [1.165, 1.54) is 5.56 Å². The van der Waals surface area contributed by atoms with E-state index in [-0.39, 0.29) is 61.0 Å². The normalized spacial score (nSPS) is 22.5. The van der Waals surface area contributed by atoms with Crippen LogP contribution in [0.15, 0.2) is 48.5 Å². The second-order valence-corrected chi connectivity index (χ2v) is 22.5. The van der Waals surface area contributed by atoms with E-state index in [0.29, 0.717) is 49.6 Å². The number of Topliss-reactive ketones (excluding diaryl/α,β-unsaturated/α-hetero) is 4. The number of hydrogen-bond acceptors (Lipinski definition) is 10. The fourth-order valence-corrected chi connectivity index (χ4v) is 10.9. The molecular weight excluding hydrogens is 871 g/mol. The van der Waals surface area contributed by atoms with Crippen molar-refractivity contribution in [1.29, 1.82) is 0 Å². The number of primary amides is 1. The number of nitrogens with one attached hydrogen (secondary N) is 2. The number of nitrogens with two attached hydrogens (primary N) is 2. The maximum Gasteiger partial charge on any atom is 0.461 e. The lowest BCUT2D eigenvalue weighted by molar-refractivity contribution is -0.199. The average molecular weight is 953 g/mol. The molecule has 6 N–H and O–H groups in total. The topological polar surface area (TPSA) is 214 Å². The van der Waals surface area contributed by atoms with Crippen LogP contribution in [-0.4, -0.2) is 78.3 Å². The number of hydrogen-bond donors (Lipinski definition) is 4. The molecule has 1 saturated heterocycles. The number of carbonyl (C=O) groups is 7. The smallest absolute Gasteiger partial charge is 0.405 e. The Balaban J connectivity index is 1.12. The number of benzene rings is 2. The molecule has 0 aromatic heterocycles. The maximum atomic E-state index is 14.0. The van der Waals surface area contributed by atoms with E-state index in [0.717, 1.165) is 43.2 Å². The molecule has 9 atom stereocenters. The van der Waals surface area contributed by atoms with Crippen molar-refractivity contribution >= 4 is 48.0 Å². The summed E-state index contributed by atoms with van der Waals surface area (Å²) < 4.78 is 13.0. The Bertz CT molecular complexity index is 2140. The van der Waals surface area contributed by atoms with Gasteiger partial charge in [0.05, 0.1) is 30.2 Å². The van der Waals surface area contributed by atoms with Gasteiger partial charge in [0, 0.05) is 49.5 Å². The Hall–Kier alpha value is -4.53. The van der Waals surface area contributed by atoms with Crippen LogP contribution in [0, 0.1) is 34.5 Å². The van der Waals surface area contributed by atoms with Crippen LogP contribution in [0.25, 0.3) is 11.1 Å². The van der Waals surface area contributed by atoms with Gasteiger partial charge in [0.25, 0.3) is 0 Å².